The smallest absolute Gasteiger partial charge is 0.229 e. The fourth-order valence-electron chi connectivity index (χ4n) is 1.68. The van der Waals surface area contributed by atoms with E-state index in [1.807, 2.05) is 36.9 Å². The number of hydrogen-bond acceptors (Lipinski definition) is 4. The van der Waals surface area contributed by atoms with Crippen molar-refractivity contribution in [1.82, 2.24) is 9.88 Å². The molecule has 0 aliphatic rings. The molecular weight excluding hydrogens is 300 g/mol. The molecule has 0 aliphatic carbocycles. The highest BCUT2D eigenvalue weighted by molar-refractivity contribution is 7.10. The highest BCUT2D eigenvalue weighted by atomic mass is 35.5. The van der Waals surface area contributed by atoms with Crippen LogP contribution in [0.25, 0.3) is 0 Å². The van der Waals surface area contributed by atoms with Crippen molar-refractivity contribution in [3.63, 3.8) is 0 Å². The Morgan fingerprint density at radius 3 is 2.89 bits per heavy atom. The van der Waals surface area contributed by atoms with Crippen LogP contribution in [0.2, 0.25) is 0 Å². The van der Waals surface area contributed by atoms with Crippen molar-refractivity contribution in [2.45, 2.75) is 25.3 Å². The van der Waals surface area contributed by atoms with Gasteiger partial charge in [-0.2, -0.15) is 0 Å². The quantitative estimate of drug-likeness (QED) is 0.788. The Bertz CT molecular complexity index is 539. The van der Waals surface area contributed by atoms with Gasteiger partial charge in [0.15, 0.2) is 0 Å². The molecule has 1 unspecified atom stereocenters. The summed E-state index contributed by atoms with van der Waals surface area (Å²) in [5.41, 5.74) is 0.837. The van der Waals surface area contributed by atoms with E-state index >= 15 is 0 Å². The molecule has 0 saturated heterocycles. The number of nitrogens with zero attached hydrogens (tertiary/aromatic N) is 2. The van der Waals surface area contributed by atoms with Gasteiger partial charge in [0, 0.05) is 17.3 Å². The predicted octanol–water partition coefficient (Wildman–Crippen LogP) is 3.71. The summed E-state index contributed by atoms with van der Waals surface area (Å²) in [5.74, 6) is 0.475. The molecule has 1 atom stereocenters. The number of alkyl halides is 1. The van der Waals surface area contributed by atoms with E-state index in [2.05, 4.69) is 4.98 Å². The Labute approximate surface area is 125 Å². The Kier molecular flexibility index (Phi) is 4.96. The minimum Gasteiger partial charge on any atom is -0.338 e. The number of hydrogen-bond donors (Lipinski definition) is 0. The van der Waals surface area contributed by atoms with Gasteiger partial charge < -0.3 is 4.90 Å². The van der Waals surface area contributed by atoms with E-state index in [1.165, 1.54) is 16.2 Å². The normalized spacial score (nSPS) is 12.4. The Morgan fingerprint density at radius 2 is 2.32 bits per heavy atom. The SMILES string of the molecule is CC(c1cccs1)N(C)C(=O)Cc1nc(CCl)cs1. The minimum atomic E-state index is 0.0800. The number of thiazole rings is 1. The zero-order valence-corrected chi connectivity index (χ0v) is 13.2. The molecule has 102 valence electrons. The minimum absolute atomic E-state index is 0.0800. The van der Waals surface area contributed by atoms with Gasteiger partial charge in [0.05, 0.1) is 24.0 Å². The Balaban J connectivity index is 1.99. The van der Waals surface area contributed by atoms with Crippen LogP contribution in [-0.4, -0.2) is 22.8 Å². The van der Waals surface area contributed by atoms with E-state index in [0.29, 0.717) is 12.3 Å². The van der Waals surface area contributed by atoms with Crippen molar-refractivity contribution < 1.29 is 4.79 Å². The third-order valence-corrected chi connectivity index (χ3v) is 5.18. The summed E-state index contributed by atoms with van der Waals surface area (Å²) < 4.78 is 0. The number of rotatable bonds is 5. The lowest BCUT2D eigenvalue weighted by molar-refractivity contribution is -0.131. The first-order valence-corrected chi connectivity index (χ1v) is 8.19. The summed E-state index contributed by atoms with van der Waals surface area (Å²) >= 11 is 8.86. The molecule has 2 aromatic rings. The fourth-order valence-corrected chi connectivity index (χ4v) is 3.52. The van der Waals surface area contributed by atoms with Gasteiger partial charge in [-0.05, 0) is 18.4 Å². The van der Waals surface area contributed by atoms with Crippen molar-refractivity contribution in [3.05, 3.63) is 38.5 Å². The largest absolute Gasteiger partial charge is 0.338 e. The lowest BCUT2D eigenvalue weighted by atomic mass is 10.2. The maximum absolute atomic E-state index is 12.2. The molecule has 0 aliphatic heterocycles. The monoisotopic (exact) mass is 314 g/mol. The van der Waals surface area contributed by atoms with Crippen molar-refractivity contribution in [1.29, 1.82) is 0 Å². The number of carbonyl (C=O) groups excluding carboxylic acids is 1. The van der Waals surface area contributed by atoms with Crippen LogP contribution in [0.1, 0.15) is 28.5 Å². The molecule has 2 rings (SSSR count). The third-order valence-electron chi connectivity index (χ3n) is 2.97. The van der Waals surface area contributed by atoms with Gasteiger partial charge >= 0.3 is 0 Å². The van der Waals surface area contributed by atoms with Gasteiger partial charge in [0.2, 0.25) is 5.91 Å². The van der Waals surface area contributed by atoms with E-state index < -0.39 is 0 Å². The van der Waals surface area contributed by atoms with Crippen molar-refractivity contribution in [2.75, 3.05) is 7.05 Å². The molecule has 19 heavy (non-hydrogen) atoms. The van der Waals surface area contributed by atoms with E-state index in [1.54, 1.807) is 16.2 Å². The van der Waals surface area contributed by atoms with Crippen molar-refractivity contribution in [2.24, 2.45) is 0 Å². The Hall–Kier alpha value is -0.910. The number of aromatic nitrogens is 1. The van der Waals surface area contributed by atoms with Gasteiger partial charge in [-0.1, -0.05) is 6.07 Å². The van der Waals surface area contributed by atoms with Crippen LogP contribution in [0.4, 0.5) is 0 Å². The number of likely N-dealkylation sites (N-methyl/N-ethyl adjacent to an activating group) is 1. The summed E-state index contributed by atoms with van der Waals surface area (Å²) in [6.45, 7) is 2.04. The molecule has 0 aromatic carbocycles. The van der Waals surface area contributed by atoms with Crippen LogP contribution in [-0.2, 0) is 17.1 Å². The average molecular weight is 315 g/mol. The number of thiophene rings is 1. The van der Waals surface area contributed by atoms with Gasteiger partial charge in [-0.3, -0.25) is 4.79 Å². The summed E-state index contributed by atoms with van der Waals surface area (Å²) in [7, 11) is 1.84. The molecule has 0 bridgehead atoms. The molecule has 1 amide bonds. The summed E-state index contributed by atoms with van der Waals surface area (Å²) in [5, 5.41) is 4.75. The van der Waals surface area contributed by atoms with Gasteiger partial charge in [0.1, 0.15) is 5.01 Å². The molecule has 2 heterocycles. The second-order valence-corrected chi connectivity index (χ2v) is 6.43. The number of carbonyl (C=O) groups is 1. The van der Waals surface area contributed by atoms with Gasteiger partial charge in [-0.15, -0.1) is 34.3 Å². The second kappa shape index (κ2) is 6.50. The average Bonchev–Trinajstić information content (AvgIpc) is 3.07. The lowest BCUT2D eigenvalue weighted by Gasteiger charge is -2.23. The first kappa shape index (κ1) is 14.5. The van der Waals surface area contributed by atoms with Crippen LogP contribution < -0.4 is 0 Å². The maximum Gasteiger partial charge on any atom is 0.229 e. The standard InChI is InChI=1S/C13H15ClN2OS2/c1-9(11-4-3-5-18-11)16(2)13(17)6-12-15-10(7-14)8-19-12/h3-5,8-9H,6-7H2,1-2H3. The van der Waals surface area contributed by atoms with E-state index in [-0.39, 0.29) is 11.9 Å². The summed E-state index contributed by atoms with van der Waals surface area (Å²) in [6.07, 6.45) is 0.341. The maximum atomic E-state index is 12.2. The highest BCUT2D eigenvalue weighted by Crippen LogP contribution is 2.24. The van der Waals surface area contributed by atoms with Crippen molar-refractivity contribution in [3.8, 4) is 0 Å². The van der Waals surface area contributed by atoms with Crippen LogP contribution in [0.3, 0.4) is 0 Å². The van der Waals surface area contributed by atoms with Crippen LogP contribution in [0, 0.1) is 0 Å². The lowest BCUT2D eigenvalue weighted by Crippen LogP contribution is -2.30. The zero-order chi connectivity index (χ0) is 13.8. The predicted molar refractivity (Wildman–Crippen MR) is 80.9 cm³/mol. The molecule has 0 radical (unpaired) electrons. The summed E-state index contributed by atoms with van der Waals surface area (Å²) in [4.78, 5) is 19.5. The fraction of sp³-hybridized carbons (Fsp3) is 0.385. The first-order valence-electron chi connectivity index (χ1n) is 5.90. The zero-order valence-electron chi connectivity index (χ0n) is 10.8. The van der Waals surface area contributed by atoms with Crippen LogP contribution in [0.15, 0.2) is 22.9 Å². The highest BCUT2D eigenvalue weighted by Gasteiger charge is 2.19. The topological polar surface area (TPSA) is 33.2 Å². The first-order chi connectivity index (χ1) is 9.11. The summed E-state index contributed by atoms with van der Waals surface area (Å²) in [6, 6.07) is 4.15. The van der Waals surface area contributed by atoms with Crippen LogP contribution >= 0.6 is 34.3 Å². The van der Waals surface area contributed by atoms with Crippen molar-refractivity contribution >= 4 is 40.2 Å². The molecule has 3 nitrogen and oxygen atoms in total. The second-order valence-electron chi connectivity index (χ2n) is 4.24. The molecule has 0 N–H and O–H groups in total. The van der Waals surface area contributed by atoms with E-state index in [9.17, 15) is 4.79 Å². The molecule has 0 spiro atoms. The van der Waals surface area contributed by atoms with E-state index in [4.69, 9.17) is 11.6 Å². The third kappa shape index (κ3) is 3.55. The number of halogens is 1. The molecule has 6 heteroatoms. The Morgan fingerprint density at radius 1 is 1.53 bits per heavy atom. The van der Waals surface area contributed by atoms with Gasteiger partial charge in [0.25, 0.3) is 0 Å². The molecular formula is C13H15ClN2OS2. The molecule has 0 saturated carbocycles. The number of amides is 1. The van der Waals surface area contributed by atoms with E-state index in [0.717, 1.165) is 10.7 Å². The molecule has 2 aromatic heterocycles. The van der Waals surface area contributed by atoms with Crippen LogP contribution in [0.5, 0.6) is 0 Å². The van der Waals surface area contributed by atoms with Gasteiger partial charge in [-0.25, -0.2) is 4.98 Å². The molecule has 0 fully saturated rings.